The molecule has 4 heteroatoms. The Morgan fingerprint density at radius 1 is 1.76 bits per heavy atom. The van der Waals surface area contributed by atoms with Crippen LogP contribution in [0.4, 0.5) is 0 Å². The molecule has 1 aromatic rings. The molecule has 1 aliphatic carbocycles. The minimum atomic E-state index is -0.515. The van der Waals surface area contributed by atoms with Gasteiger partial charge in [0, 0.05) is 4.88 Å². The van der Waals surface area contributed by atoms with Crippen LogP contribution >= 0.6 is 11.3 Å². The summed E-state index contributed by atoms with van der Waals surface area (Å²) in [5, 5.41) is 14.0. The highest BCUT2D eigenvalue weighted by molar-refractivity contribution is 7.10. The van der Waals surface area contributed by atoms with Gasteiger partial charge >= 0.3 is 0 Å². The van der Waals surface area contributed by atoms with Gasteiger partial charge in [-0.25, -0.2) is 0 Å². The first-order valence-corrected chi connectivity index (χ1v) is 6.90. The smallest absolute Gasteiger partial charge is 0.237 e. The summed E-state index contributed by atoms with van der Waals surface area (Å²) in [6.07, 6.45) is 3.79. The number of hydrogen-bond acceptors (Lipinski definition) is 3. The van der Waals surface area contributed by atoms with Crippen LogP contribution in [0.25, 0.3) is 0 Å². The molecule has 0 radical (unpaired) electrons. The average Bonchev–Trinajstić information content (AvgIpc) is 2.80. The monoisotopic (exact) mass is 248 g/mol. The molecule has 1 aliphatic rings. The molecule has 1 amide bonds. The van der Waals surface area contributed by atoms with E-state index in [4.69, 9.17) is 5.26 Å². The lowest BCUT2D eigenvalue weighted by Gasteiger charge is -2.24. The van der Waals surface area contributed by atoms with Gasteiger partial charge in [-0.15, -0.1) is 11.3 Å². The van der Waals surface area contributed by atoms with Gasteiger partial charge in [-0.3, -0.25) is 4.79 Å². The number of nitrogens with zero attached hydrogens (tertiary/aromatic N) is 1. The van der Waals surface area contributed by atoms with E-state index in [-0.39, 0.29) is 11.9 Å². The van der Waals surface area contributed by atoms with E-state index >= 15 is 0 Å². The molecule has 0 saturated carbocycles. The molecule has 0 bridgehead atoms. The number of carbonyl (C=O) groups is 1. The second kappa shape index (κ2) is 5.33. The quantitative estimate of drug-likeness (QED) is 0.894. The summed E-state index contributed by atoms with van der Waals surface area (Å²) in [6.45, 7) is 1.87. The van der Waals surface area contributed by atoms with E-state index in [1.54, 1.807) is 11.3 Å². The third-order valence-electron chi connectivity index (χ3n) is 3.25. The molecule has 90 valence electrons. The summed E-state index contributed by atoms with van der Waals surface area (Å²) >= 11 is 1.76. The fourth-order valence-electron chi connectivity index (χ4n) is 2.24. The third kappa shape index (κ3) is 2.50. The first-order valence-electron chi connectivity index (χ1n) is 6.02. The van der Waals surface area contributed by atoms with Crippen molar-refractivity contribution in [2.24, 2.45) is 5.92 Å². The first kappa shape index (κ1) is 12.1. The molecule has 0 aliphatic heterocycles. The second-order valence-electron chi connectivity index (χ2n) is 4.34. The number of carbonyl (C=O) groups excluding carboxylic acids is 1. The fraction of sp³-hybridized carbons (Fsp3) is 0.538. The highest BCUT2D eigenvalue weighted by Crippen LogP contribution is 2.33. The molecule has 2 unspecified atom stereocenters. The molecule has 1 N–H and O–H groups in total. The zero-order chi connectivity index (χ0) is 12.3. The first-order chi connectivity index (χ1) is 8.26. The maximum Gasteiger partial charge on any atom is 0.237 e. The van der Waals surface area contributed by atoms with E-state index in [1.165, 1.54) is 10.4 Å². The standard InChI is InChI=1S/C13H16N2OS/c1-2-9(8-14)13(16)15-11-4-3-5-12-10(11)6-7-17-12/h6-7,9,11H,2-5H2,1H3,(H,15,16). The van der Waals surface area contributed by atoms with Gasteiger partial charge in [0.25, 0.3) is 0 Å². The molecule has 0 aromatic carbocycles. The number of fused-ring (bicyclic) bond motifs is 1. The van der Waals surface area contributed by atoms with Crippen LogP contribution in [0.1, 0.15) is 42.7 Å². The summed E-state index contributed by atoms with van der Waals surface area (Å²) < 4.78 is 0. The predicted octanol–water partition coefficient (Wildman–Crippen LogP) is 2.79. The number of amides is 1. The highest BCUT2D eigenvalue weighted by Gasteiger charge is 2.25. The van der Waals surface area contributed by atoms with Crippen molar-refractivity contribution >= 4 is 17.2 Å². The van der Waals surface area contributed by atoms with E-state index in [1.807, 2.05) is 13.0 Å². The van der Waals surface area contributed by atoms with Gasteiger partial charge in [0.15, 0.2) is 0 Å². The molecular weight excluding hydrogens is 232 g/mol. The van der Waals surface area contributed by atoms with Crippen LogP contribution < -0.4 is 5.32 Å². The van der Waals surface area contributed by atoms with E-state index in [9.17, 15) is 4.79 Å². The molecule has 1 aromatic heterocycles. The van der Waals surface area contributed by atoms with Crippen molar-refractivity contribution in [1.29, 1.82) is 5.26 Å². The number of thiophene rings is 1. The van der Waals surface area contributed by atoms with E-state index in [0.717, 1.165) is 19.3 Å². The number of nitriles is 1. The number of nitrogens with one attached hydrogen (secondary N) is 1. The maximum atomic E-state index is 11.9. The van der Waals surface area contributed by atoms with Gasteiger partial charge in [0.2, 0.25) is 5.91 Å². The Balaban J connectivity index is 2.07. The largest absolute Gasteiger partial charge is 0.348 e. The predicted molar refractivity (Wildman–Crippen MR) is 67.5 cm³/mol. The van der Waals surface area contributed by atoms with Crippen molar-refractivity contribution in [3.05, 3.63) is 21.9 Å². The molecule has 0 spiro atoms. The van der Waals surface area contributed by atoms with Gasteiger partial charge in [0.05, 0.1) is 12.1 Å². The van der Waals surface area contributed by atoms with Crippen molar-refractivity contribution in [2.75, 3.05) is 0 Å². The zero-order valence-electron chi connectivity index (χ0n) is 9.90. The Kier molecular flexibility index (Phi) is 3.80. The van der Waals surface area contributed by atoms with Crippen LogP contribution in [0.2, 0.25) is 0 Å². The number of aryl methyl sites for hydroxylation is 1. The normalized spacial score (nSPS) is 20.1. The van der Waals surface area contributed by atoms with Gasteiger partial charge in [-0.05, 0) is 42.7 Å². The SMILES string of the molecule is CCC(C#N)C(=O)NC1CCCc2sccc21. The lowest BCUT2D eigenvalue weighted by Crippen LogP contribution is -2.34. The van der Waals surface area contributed by atoms with Crippen LogP contribution in [-0.4, -0.2) is 5.91 Å². The molecule has 0 fully saturated rings. The minimum Gasteiger partial charge on any atom is -0.348 e. The molecule has 1 heterocycles. The number of hydrogen-bond donors (Lipinski definition) is 1. The molecule has 17 heavy (non-hydrogen) atoms. The minimum absolute atomic E-state index is 0.111. The van der Waals surface area contributed by atoms with Crippen LogP contribution in [-0.2, 0) is 11.2 Å². The van der Waals surface area contributed by atoms with E-state index in [0.29, 0.717) is 6.42 Å². The molecule has 0 saturated heterocycles. The second-order valence-corrected chi connectivity index (χ2v) is 5.34. The average molecular weight is 248 g/mol. The van der Waals surface area contributed by atoms with Gasteiger partial charge in [-0.2, -0.15) is 5.26 Å². The Morgan fingerprint density at radius 2 is 2.59 bits per heavy atom. The van der Waals surface area contributed by atoms with Gasteiger partial charge in [0.1, 0.15) is 5.92 Å². The van der Waals surface area contributed by atoms with Crippen molar-refractivity contribution in [1.82, 2.24) is 5.32 Å². The summed E-state index contributed by atoms with van der Waals surface area (Å²) in [5.41, 5.74) is 1.25. The summed E-state index contributed by atoms with van der Waals surface area (Å²) in [5.74, 6) is -0.641. The van der Waals surface area contributed by atoms with Crippen molar-refractivity contribution in [3.8, 4) is 6.07 Å². The van der Waals surface area contributed by atoms with Crippen molar-refractivity contribution in [3.63, 3.8) is 0 Å². The van der Waals surface area contributed by atoms with Crippen LogP contribution in [0.5, 0.6) is 0 Å². The highest BCUT2D eigenvalue weighted by atomic mass is 32.1. The summed E-state index contributed by atoms with van der Waals surface area (Å²) in [7, 11) is 0. The third-order valence-corrected chi connectivity index (χ3v) is 4.25. The van der Waals surface area contributed by atoms with E-state index < -0.39 is 5.92 Å². The maximum absolute atomic E-state index is 11.9. The van der Waals surface area contributed by atoms with Crippen molar-refractivity contribution < 1.29 is 4.79 Å². The lowest BCUT2D eigenvalue weighted by molar-refractivity contribution is -0.124. The Hall–Kier alpha value is -1.34. The summed E-state index contributed by atoms with van der Waals surface area (Å²) in [4.78, 5) is 13.3. The molecule has 2 rings (SSSR count). The molecule has 3 nitrogen and oxygen atoms in total. The van der Waals surface area contributed by atoms with E-state index in [2.05, 4.69) is 16.8 Å². The van der Waals surface area contributed by atoms with Crippen LogP contribution in [0.3, 0.4) is 0 Å². The lowest BCUT2D eigenvalue weighted by atomic mass is 9.93. The van der Waals surface area contributed by atoms with Gasteiger partial charge < -0.3 is 5.32 Å². The Bertz CT molecular complexity index is 447. The molecular formula is C13H16N2OS. The van der Waals surface area contributed by atoms with Crippen molar-refractivity contribution in [2.45, 2.75) is 38.6 Å². The van der Waals surface area contributed by atoms with Crippen LogP contribution in [0, 0.1) is 17.2 Å². The van der Waals surface area contributed by atoms with Gasteiger partial charge in [-0.1, -0.05) is 6.92 Å². The topological polar surface area (TPSA) is 52.9 Å². The molecule has 2 atom stereocenters. The Labute approximate surface area is 105 Å². The number of rotatable bonds is 3. The summed E-state index contributed by atoms with van der Waals surface area (Å²) in [6, 6.07) is 4.26. The zero-order valence-corrected chi connectivity index (χ0v) is 10.7. The fourth-order valence-corrected chi connectivity index (χ4v) is 3.23. The Morgan fingerprint density at radius 3 is 3.29 bits per heavy atom. The van der Waals surface area contributed by atoms with Crippen LogP contribution in [0.15, 0.2) is 11.4 Å².